The van der Waals surface area contributed by atoms with Crippen molar-refractivity contribution in [2.75, 3.05) is 5.75 Å². The van der Waals surface area contributed by atoms with Gasteiger partial charge in [-0.05, 0) is 37.5 Å². The van der Waals surface area contributed by atoms with Crippen molar-refractivity contribution in [3.8, 4) is 0 Å². The van der Waals surface area contributed by atoms with Gasteiger partial charge in [0.2, 0.25) is 0 Å². The quantitative estimate of drug-likeness (QED) is 0.753. The van der Waals surface area contributed by atoms with E-state index >= 15 is 0 Å². The first-order valence-corrected chi connectivity index (χ1v) is 6.48. The van der Waals surface area contributed by atoms with Gasteiger partial charge in [0.15, 0.2) is 0 Å². The summed E-state index contributed by atoms with van der Waals surface area (Å²) in [5, 5.41) is 3.37. The molecule has 0 radical (unpaired) electrons. The molecule has 0 spiro atoms. The normalized spacial score (nSPS) is 20.5. The summed E-state index contributed by atoms with van der Waals surface area (Å²) in [7, 11) is 0. The van der Waals surface area contributed by atoms with Crippen molar-refractivity contribution in [3.05, 3.63) is 34.4 Å². The van der Waals surface area contributed by atoms with Crippen LogP contribution in [0, 0.1) is 20.8 Å². The SMILES string of the molecule is Cc1cc(C)c(C2CSC(=S)N2)c(C)c1. The minimum Gasteiger partial charge on any atom is -0.363 e. The zero-order chi connectivity index (χ0) is 11.0. The van der Waals surface area contributed by atoms with Gasteiger partial charge in [0, 0.05) is 5.75 Å². The summed E-state index contributed by atoms with van der Waals surface area (Å²) in [6, 6.07) is 4.90. The van der Waals surface area contributed by atoms with E-state index in [0.29, 0.717) is 6.04 Å². The van der Waals surface area contributed by atoms with Crippen LogP contribution in [-0.2, 0) is 0 Å². The average Bonchev–Trinajstić information content (AvgIpc) is 2.49. The molecule has 1 aromatic rings. The van der Waals surface area contributed by atoms with Crippen LogP contribution >= 0.6 is 24.0 Å². The molecule has 1 N–H and O–H groups in total. The van der Waals surface area contributed by atoms with Crippen molar-refractivity contribution >= 4 is 28.3 Å². The Labute approximate surface area is 101 Å². The van der Waals surface area contributed by atoms with Crippen LogP contribution in [0.1, 0.15) is 28.3 Å². The van der Waals surface area contributed by atoms with Gasteiger partial charge >= 0.3 is 0 Å². The highest BCUT2D eigenvalue weighted by atomic mass is 32.2. The first-order valence-electron chi connectivity index (χ1n) is 5.09. The Morgan fingerprint density at radius 1 is 1.27 bits per heavy atom. The average molecular weight is 237 g/mol. The summed E-state index contributed by atoms with van der Waals surface area (Å²) in [4.78, 5) is 0. The lowest BCUT2D eigenvalue weighted by atomic mass is 9.95. The van der Waals surface area contributed by atoms with E-state index < -0.39 is 0 Å². The molecule has 1 heterocycles. The number of rotatable bonds is 1. The zero-order valence-corrected chi connectivity index (χ0v) is 10.9. The molecule has 1 aliphatic rings. The minimum atomic E-state index is 0.406. The third kappa shape index (κ3) is 2.18. The molecule has 0 amide bonds. The summed E-state index contributed by atoms with van der Waals surface area (Å²) < 4.78 is 0.930. The number of thiocarbonyl (C=S) groups is 1. The largest absolute Gasteiger partial charge is 0.363 e. The lowest BCUT2D eigenvalue weighted by molar-refractivity contribution is 0.744. The number of thioether (sulfide) groups is 1. The van der Waals surface area contributed by atoms with Gasteiger partial charge in [0.1, 0.15) is 4.32 Å². The summed E-state index contributed by atoms with van der Waals surface area (Å²) >= 11 is 6.90. The first kappa shape index (κ1) is 11.0. The minimum absolute atomic E-state index is 0.406. The lowest BCUT2D eigenvalue weighted by Gasteiger charge is -2.17. The molecule has 1 fully saturated rings. The highest BCUT2D eigenvalue weighted by Crippen LogP contribution is 2.30. The number of hydrogen-bond acceptors (Lipinski definition) is 2. The molecule has 1 aromatic carbocycles. The maximum absolute atomic E-state index is 5.16. The fourth-order valence-electron chi connectivity index (χ4n) is 2.28. The third-order valence-electron chi connectivity index (χ3n) is 2.76. The van der Waals surface area contributed by atoms with E-state index in [4.69, 9.17) is 12.2 Å². The summed E-state index contributed by atoms with van der Waals surface area (Å²) in [5.41, 5.74) is 5.50. The van der Waals surface area contributed by atoms with Crippen molar-refractivity contribution in [2.45, 2.75) is 26.8 Å². The van der Waals surface area contributed by atoms with Crippen molar-refractivity contribution in [1.82, 2.24) is 5.32 Å². The Morgan fingerprint density at radius 2 is 1.87 bits per heavy atom. The van der Waals surface area contributed by atoms with E-state index in [1.807, 2.05) is 0 Å². The Balaban J connectivity index is 2.39. The highest BCUT2D eigenvalue weighted by Gasteiger charge is 2.23. The summed E-state index contributed by atoms with van der Waals surface area (Å²) in [6.07, 6.45) is 0. The fraction of sp³-hybridized carbons (Fsp3) is 0.417. The molecule has 2 rings (SSSR count). The summed E-state index contributed by atoms with van der Waals surface area (Å²) in [6.45, 7) is 6.51. The Kier molecular flexibility index (Phi) is 3.03. The van der Waals surface area contributed by atoms with Gasteiger partial charge in [-0.15, -0.1) is 0 Å². The van der Waals surface area contributed by atoms with Crippen LogP contribution in [0.25, 0.3) is 0 Å². The van der Waals surface area contributed by atoms with Gasteiger partial charge in [0.25, 0.3) is 0 Å². The smallest absolute Gasteiger partial charge is 0.134 e. The molecule has 0 saturated carbocycles. The van der Waals surface area contributed by atoms with Crippen LogP contribution in [0.3, 0.4) is 0 Å². The van der Waals surface area contributed by atoms with Crippen LogP contribution in [0.4, 0.5) is 0 Å². The zero-order valence-electron chi connectivity index (χ0n) is 9.26. The van der Waals surface area contributed by atoms with Crippen molar-refractivity contribution < 1.29 is 0 Å². The maximum atomic E-state index is 5.16. The van der Waals surface area contributed by atoms with E-state index in [0.717, 1.165) is 10.1 Å². The molecule has 1 nitrogen and oxygen atoms in total. The lowest BCUT2D eigenvalue weighted by Crippen LogP contribution is -2.19. The van der Waals surface area contributed by atoms with Gasteiger partial charge in [-0.3, -0.25) is 0 Å². The number of nitrogens with one attached hydrogen (secondary N) is 1. The topological polar surface area (TPSA) is 12.0 Å². The van der Waals surface area contributed by atoms with Crippen LogP contribution in [0.2, 0.25) is 0 Å². The molecular formula is C12H15NS2. The maximum Gasteiger partial charge on any atom is 0.134 e. The van der Waals surface area contributed by atoms with E-state index in [1.54, 1.807) is 11.8 Å². The molecule has 1 aliphatic heterocycles. The Hall–Kier alpha value is -0.540. The number of benzene rings is 1. The standard InChI is InChI=1S/C12H15NS2/c1-7-4-8(2)11(9(3)5-7)10-6-15-12(14)13-10/h4-5,10H,6H2,1-3H3,(H,13,14). The van der Waals surface area contributed by atoms with Gasteiger partial charge in [0.05, 0.1) is 6.04 Å². The first-order chi connectivity index (χ1) is 7.08. The molecule has 0 aromatic heterocycles. The molecule has 1 unspecified atom stereocenters. The van der Waals surface area contributed by atoms with Gasteiger partial charge in [-0.2, -0.15) is 0 Å². The second-order valence-electron chi connectivity index (χ2n) is 4.11. The van der Waals surface area contributed by atoms with Crippen molar-refractivity contribution in [1.29, 1.82) is 0 Å². The predicted octanol–water partition coefficient (Wildman–Crippen LogP) is 3.27. The van der Waals surface area contributed by atoms with Crippen molar-refractivity contribution in [2.24, 2.45) is 0 Å². The predicted molar refractivity (Wildman–Crippen MR) is 71.6 cm³/mol. The van der Waals surface area contributed by atoms with Crippen LogP contribution in [-0.4, -0.2) is 10.1 Å². The third-order valence-corrected chi connectivity index (χ3v) is 4.11. The Morgan fingerprint density at radius 3 is 2.33 bits per heavy atom. The molecule has 3 heteroatoms. The molecule has 0 aliphatic carbocycles. The van der Waals surface area contributed by atoms with E-state index in [1.165, 1.54) is 22.3 Å². The Bertz CT molecular complexity index is 389. The van der Waals surface area contributed by atoms with Gasteiger partial charge in [-0.1, -0.05) is 41.7 Å². The van der Waals surface area contributed by atoms with Gasteiger partial charge < -0.3 is 5.32 Å². The molecule has 0 bridgehead atoms. The molecule has 15 heavy (non-hydrogen) atoms. The second kappa shape index (κ2) is 4.14. The highest BCUT2D eigenvalue weighted by molar-refractivity contribution is 8.23. The molecule has 1 saturated heterocycles. The summed E-state index contributed by atoms with van der Waals surface area (Å²) in [5.74, 6) is 1.06. The van der Waals surface area contributed by atoms with Crippen molar-refractivity contribution in [3.63, 3.8) is 0 Å². The number of aryl methyl sites for hydroxylation is 3. The van der Waals surface area contributed by atoms with Crippen LogP contribution < -0.4 is 5.32 Å². The second-order valence-corrected chi connectivity index (χ2v) is 5.80. The molecule has 1 atom stereocenters. The van der Waals surface area contributed by atoms with Crippen LogP contribution in [0.5, 0.6) is 0 Å². The monoisotopic (exact) mass is 237 g/mol. The van der Waals surface area contributed by atoms with E-state index in [9.17, 15) is 0 Å². The van der Waals surface area contributed by atoms with Gasteiger partial charge in [-0.25, -0.2) is 0 Å². The van der Waals surface area contributed by atoms with E-state index in [2.05, 4.69) is 38.2 Å². The fourth-order valence-corrected chi connectivity index (χ4v) is 3.42. The molecular weight excluding hydrogens is 222 g/mol. The molecule has 80 valence electrons. The van der Waals surface area contributed by atoms with Crippen LogP contribution in [0.15, 0.2) is 12.1 Å². The number of hydrogen-bond donors (Lipinski definition) is 1. The van der Waals surface area contributed by atoms with E-state index in [-0.39, 0.29) is 0 Å².